The van der Waals surface area contributed by atoms with Crippen LogP contribution in [0.3, 0.4) is 0 Å². The van der Waals surface area contributed by atoms with Crippen molar-refractivity contribution in [3.05, 3.63) is 48.6 Å². The number of esters is 3. The number of rotatable bonds is 65. The van der Waals surface area contributed by atoms with E-state index < -0.39 is 6.10 Å². The number of allylic oxidation sites excluding steroid dienone is 8. The monoisotopic (exact) mass is 1110 g/mol. The van der Waals surface area contributed by atoms with E-state index in [9.17, 15) is 14.4 Å². The molecule has 0 radical (unpaired) electrons. The summed E-state index contributed by atoms with van der Waals surface area (Å²) in [5, 5.41) is 0. The third-order valence-corrected chi connectivity index (χ3v) is 15.8. The summed E-state index contributed by atoms with van der Waals surface area (Å²) in [6, 6.07) is 0. The van der Waals surface area contributed by atoms with Gasteiger partial charge in [-0.1, -0.05) is 326 Å². The Morgan fingerprint density at radius 2 is 0.456 bits per heavy atom. The van der Waals surface area contributed by atoms with E-state index in [1.807, 2.05) is 0 Å². The molecule has 6 nitrogen and oxygen atoms in total. The molecule has 0 N–H and O–H groups in total. The molecule has 0 heterocycles. The number of carbonyl (C=O) groups is 3. The van der Waals surface area contributed by atoms with Gasteiger partial charge >= 0.3 is 17.9 Å². The fraction of sp³-hybridized carbons (Fsp3) is 0.849. The van der Waals surface area contributed by atoms with E-state index in [1.54, 1.807) is 0 Å². The molecule has 79 heavy (non-hydrogen) atoms. The second kappa shape index (κ2) is 67.9. The minimum Gasteiger partial charge on any atom is -0.462 e. The normalized spacial score (nSPS) is 12.3. The van der Waals surface area contributed by atoms with Crippen molar-refractivity contribution in [1.29, 1.82) is 0 Å². The maximum atomic E-state index is 12.9. The highest BCUT2D eigenvalue weighted by Gasteiger charge is 2.19. The molecule has 1 atom stereocenters. The van der Waals surface area contributed by atoms with Crippen molar-refractivity contribution in [1.82, 2.24) is 0 Å². The average molecular weight is 1110 g/mol. The fourth-order valence-electron chi connectivity index (χ4n) is 10.5. The lowest BCUT2D eigenvalue weighted by Gasteiger charge is -2.18. The zero-order chi connectivity index (χ0) is 57.1. The Bertz CT molecular complexity index is 1360. The van der Waals surface area contributed by atoms with Gasteiger partial charge in [0.15, 0.2) is 6.10 Å². The van der Waals surface area contributed by atoms with E-state index >= 15 is 0 Å². The molecule has 0 bridgehead atoms. The Hall–Kier alpha value is -2.63. The predicted octanol–water partition coefficient (Wildman–Crippen LogP) is 24.1. The second-order valence-corrected chi connectivity index (χ2v) is 23.8. The van der Waals surface area contributed by atoms with Crippen LogP contribution < -0.4 is 0 Å². The summed E-state index contributed by atoms with van der Waals surface area (Å²) in [6.45, 7) is 6.67. The molecule has 0 saturated carbocycles. The molecule has 0 amide bonds. The zero-order valence-corrected chi connectivity index (χ0v) is 53.2. The van der Waals surface area contributed by atoms with Crippen molar-refractivity contribution >= 4 is 17.9 Å². The quantitative estimate of drug-likeness (QED) is 0.0261. The van der Waals surface area contributed by atoms with Crippen molar-refractivity contribution in [3.8, 4) is 0 Å². The Morgan fingerprint density at radius 1 is 0.253 bits per heavy atom. The van der Waals surface area contributed by atoms with Gasteiger partial charge in [-0.25, -0.2) is 0 Å². The van der Waals surface area contributed by atoms with Gasteiger partial charge in [0, 0.05) is 19.3 Å². The van der Waals surface area contributed by atoms with Gasteiger partial charge in [-0.05, 0) is 83.5 Å². The van der Waals surface area contributed by atoms with Crippen molar-refractivity contribution < 1.29 is 28.6 Å². The summed E-state index contributed by atoms with van der Waals surface area (Å²) in [7, 11) is 0. The Labute approximate surface area is 492 Å². The maximum absolute atomic E-state index is 12.9. The molecule has 0 rings (SSSR count). The molecule has 462 valence electrons. The first-order chi connectivity index (χ1) is 39.0. The van der Waals surface area contributed by atoms with Gasteiger partial charge in [0.2, 0.25) is 0 Å². The SMILES string of the molecule is CCCCC/C=C\C/C=C\C/C=C\CCCCCCCCC(=O)OC(COC(=O)CCCCCCCCC/C=C\CCCCCCCCC)COC(=O)CCCCCCCCCCCCCCCCCCCCCCCCCC. The molecule has 0 aromatic rings. The maximum Gasteiger partial charge on any atom is 0.306 e. The van der Waals surface area contributed by atoms with Crippen molar-refractivity contribution in [2.75, 3.05) is 13.2 Å². The van der Waals surface area contributed by atoms with E-state index in [-0.39, 0.29) is 31.1 Å². The predicted molar refractivity (Wildman–Crippen MR) is 344 cm³/mol. The lowest BCUT2D eigenvalue weighted by molar-refractivity contribution is -0.167. The van der Waals surface area contributed by atoms with Crippen LogP contribution in [0, 0.1) is 0 Å². The van der Waals surface area contributed by atoms with Crippen LogP contribution in [-0.2, 0) is 28.6 Å². The molecule has 0 aromatic carbocycles. The lowest BCUT2D eigenvalue weighted by atomic mass is 10.0. The molecule has 0 aromatic heterocycles. The molecular weight excluding hydrogens is 973 g/mol. The Balaban J connectivity index is 4.32. The van der Waals surface area contributed by atoms with Crippen molar-refractivity contribution in [3.63, 3.8) is 0 Å². The Morgan fingerprint density at radius 3 is 0.747 bits per heavy atom. The van der Waals surface area contributed by atoms with Crippen LogP contribution in [0.15, 0.2) is 48.6 Å². The van der Waals surface area contributed by atoms with Gasteiger partial charge in [0.1, 0.15) is 13.2 Å². The minimum absolute atomic E-state index is 0.0759. The molecule has 0 aliphatic heterocycles. The van der Waals surface area contributed by atoms with Gasteiger partial charge in [-0.3, -0.25) is 14.4 Å². The van der Waals surface area contributed by atoms with E-state index in [2.05, 4.69) is 69.4 Å². The highest BCUT2D eigenvalue weighted by atomic mass is 16.6. The molecule has 6 heteroatoms. The van der Waals surface area contributed by atoms with E-state index in [0.717, 1.165) is 77.0 Å². The summed E-state index contributed by atoms with van der Waals surface area (Å²) < 4.78 is 17.0. The Kier molecular flexibility index (Phi) is 65.6. The summed E-state index contributed by atoms with van der Waals surface area (Å²) in [6.07, 6.45) is 85.6. The first-order valence-electron chi connectivity index (χ1n) is 35.1. The molecule has 0 spiro atoms. The largest absolute Gasteiger partial charge is 0.462 e. The minimum atomic E-state index is -0.782. The second-order valence-electron chi connectivity index (χ2n) is 23.8. The lowest BCUT2D eigenvalue weighted by Crippen LogP contribution is -2.30. The molecule has 0 fully saturated rings. The topological polar surface area (TPSA) is 78.9 Å². The molecule has 1 unspecified atom stereocenters. The van der Waals surface area contributed by atoms with E-state index in [0.29, 0.717) is 19.3 Å². The average Bonchev–Trinajstić information content (AvgIpc) is 3.45. The van der Waals surface area contributed by atoms with Gasteiger partial charge in [0.05, 0.1) is 0 Å². The summed E-state index contributed by atoms with van der Waals surface area (Å²) in [5.41, 5.74) is 0. The highest BCUT2D eigenvalue weighted by Crippen LogP contribution is 2.18. The van der Waals surface area contributed by atoms with Crippen LogP contribution in [0.2, 0.25) is 0 Å². The number of hydrogen-bond acceptors (Lipinski definition) is 6. The zero-order valence-electron chi connectivity index (χ0n) is 53.2. The van der Waals surface area contributed by atoms with Crippen LogP contribution in [0.25, 0.3) is 0 Å². The third-order valence-electron chi connectivity index (χ3n) is 15.8. The van der Waals surface area contributed by atoms with Crippen LogP contribution in [0.4, 0.5) is 0 Å². The third kappa shape index (κ3) is 66.1. The summed E-state index contributed by atoms with van der Waals surface area (Å²) in [5.74, 6) is -0.867. The van der Waals surface area contributed by atoms with E-state index in [4.69, 9.17) is 14.2 Å². The number of ether oxygens (including phenoxy) is 3. The number of carbonyl (C=O) groups excluding carboxylic acids is 3. The summed E-state index contributed by atoms with van der Waals surface area (Å²) >= 11 is 0. The molecular formula is C73H134O6. The van der Waals surface area contributed by atoms with Gasteiger partial charge in [0.25, 0.3) is 0 Å². The van der Waals surface area contributed by atoms with Gasteiger partial charge in [-0.2, -0.15) is 0 Å². The highest BCUT2D eigenvalue weighted by molar-refractivity contribution is 5.71. The molecule has 0 saturated heterocycles. The standard InChI is InChI=1S/C73H134O6/c1-4-7-10-13-16-19-22-25-28-31-34-35-36-37-38-40-42-45-48-51-54-57-60-63-66-72(75)78-69-70(68-77-71(74)65-62-59-56-53-50-47-44-41-33-30-27-24-21-18-15-12-9-6-3)79-73(76)67-64-61-58-55-52-49-46-43-39-32-29-26-23-20-17-14-11-8-5-2/h17,20,26,29-30,33,39,43,70H,4-16,18-19,21-25,27-28,31-32,34-38,40-42,44-69H2,1-3H3/b20-17-,29-26-,33-30-,43-39-. The number of hydrogen-bond donors (Lipinski definition) is 0. The number of unbranched alkanes of at least 4 members (excludes halogenated alkanes) is 46. The van der Waals surface area contributed by atoms with Gasteiger partial charge < -0.3 is 14.2 Å². The first-order valence-corrected chi connectivity index (χ1v) is 35.1. The molecule has 0 aliphatic carbocycles. The van der Waals surface area contributed by atoms with Crippen molar-refractivity contribution in [2.45, 2.75) is 386 Å². The van der Waals surface area contributed by atoms with Crippen LogP contribution >= 0.6 is 0 Å². The van der Waals surface area contributed by atoms with Crippen LogP contribution in [0.5, 0.6) is 0 Å². The summed E-state index contributed by atoms with van der Waals surface area (Å²) in [4.78, 5) is 38.5. The molecule has 0 aliphatic rings. The van der Waals surface area contributed by atoms with Crippen LogP contribution in [-0.4, -0.2) is 37.2 Å². The smallest absolute Gasteiger partial charge is 0.306 e. The van der Waals surface area contributed by atoms with E-state index in [1.165, 1.54) is 263 Å². The fourth-order valence-corrected chi connectivity index (χ4v) is 10.5. The van der Waals surface area contributed by atoms with Gasteiger partial charge in [-0.15, -0.1) is 0 Å². The van der Waals surface area contributed by atoms with Crippen molar-refractivity contribution in [2.24, 2.45) is 0 Å². The van der Waals surface area contributed by atoms with Crippen LogP contribution in [0.1, 0.15) is 380 Å². The first kappa shape index (κ1) is 76.4.